The van der Waals surface area contributed by atoms with Gasteiger partial charge in [0.2, 0.25) is 0 Å². The molecule has 0 radical (unpaired) electrons. The molecule has 2 aromatic heterocycles. The van der Waals surface area contributed by atoms with E-state index in [2.05, 4.69) is 28.7 Å². The second-order valence-corrected chi connectivity index (χ2v) is 6.28. The van der Waals surface area contributed by atoms with Gasteiger partial charge in [-0.2, -0.15) is 0 Å². The van der Waals surface area contributed by atoms with Gasteiger partial charge >= 0.3 is 0 Å². The molecule has 0 amide bonds. The SMILES string of the molecule is CC(NCC1(CO)CC1)c1cnc2ccsc2c1. The second-order valence-electron chi connectivity index (χ2n) is 5.33. The third-order valence-electron chi connectivity index (χ3n) is 3.90. The topological polar surface area (TPSA) is 45.1 Å². The first-order valence-corrected chi connectivity index (χ1v) is 7.28. The number of aliphatic hydroxyl groups is 1. The Kier molecular flexibility index (Phi) is 3.09. The van der Waals surface area contributed by atoms with Crippen LogP contribution in [-0.2, 0) is 0 Å². The molecule has 18 heavy (non-hydrogen) atoms. The number of nitrogens with zero attached hydrogens (tertiary/aromatic N) is 1. The summed E-state index contributed by atoms with van der Waals surface area (Å²) in [7, 11) is 0. The highest BCUT2D eigenvalue weighted by molar-refractivity contribution is 7.17. The summed E-state index contributed by atoms with van der Waals surface area (Å²) in [5.74, 6) is 0. The van der Waals surface area contributed by atoms with E-state index in [1.807, 2.05) is 12.3 Å². The zero-order chi connectivity index (χ0) is 12.6. The fourth-order valence-electron chi connectivity index (χ4n) is 2.15. The van der Waals surface area contributed by atoms with Crippen molar-refractivity contribution in [1.82, 2.24) is 10.3 Å². The molecule has 96 valence electrons. The van der Waals surface area contributed by atoms with E-state index in [0.717, 1.165) is 24.9 Å². The van der Waals surface area contributed by atoms with Gasteiger partial charge < -0.3 is 10.4 Å². The Balaban J connectivity index is 1.69. The Hall–Kier alpha value is -0.970. The maximum Gasteiger partial charge on any atom is 0.0809 e. The van der Waals surface area contributed by atoms with Crippen LogP contribution in [0.1, 0.15) is 31.4 Å². The molecule has 0 bridgehead atoms. The van der Waals surface area contributed by atoms with Crippen molar-refractivity contribution in [3.63, 3.8) is 0 Å². The highest BCUT2D eigenvalue weighted by Gasteiger charge is 2.41. The molecule has 0 spiro atoms. The summed E-state index contributed by atoms with van der Waals surface area (Å²) in [4.78, 5) is 4.46. The first-order valence-electron chi connectivity index (χ1n) is 6.40. The molecule has 3 nitrogen and oxygen atoms in total. The lowest BCUT2D eigenvalue weighted by atomic mass is 10.1. The average molecular weight is 262 g/mol. The van der Waals surface area contributed by atoms with Crippen LogP contribution in [0, 0.1) is 5.41 Å². The van der Waals surface area contributed by atoms with Crippen molar-refractivity contribution < 1.29 is 5.11 Å². The fraction of sp³-hybridized carbons (Fsp3) is 0.500. The predicted molar refractivity (Wildman–Crippen MR) is 74.8 cm³/mol. The van der Waals surface area contributed by atoms with Crippen LogP contribution in [0.5, 0.6) is 0 Å². The zero-order valence-corrected chi connectivity index (χ0v) is 11.3. The van der Waals surface area contributed by atoms with Gasteiger partial charge in [-0.05, 0) is 42.8 Å². The first-order chi connectivity index (χ1) is 8.72. The van der Waals surface area contributed by atoms with Gasteiger partial charge in [0.05, 0.1) is 10.2 Å². The number of nitrogens with one attached hydrogen (secondary N) is 1. The maximum atomic E-state index is 9.30. The molecule has 1 fully saturated rings. The van der Waals surface area contributed by atoms with Crippen LogP contribution in [0.25, 0.3) is 10.2 Å². The normalized spacial score (nSPS) is 19.0. The molecule has 1 saturated carbocycles. The van der Waals surface area contributed by atoms with Crippen molar-refractivity contribution in [2.24, 2.45) is 5.41 Å². The van der Waals surface area contributed by atoms with Crippen molar-refractivity contribution in [3.8, 4) is 0 Å². The molecule has 2 aromatic rings. The minimum atomic E-state index is 0.161. The molecule has 2 heterocycles. The highest BCUT2D eigenvalue weighted by Crippen LogP contribution is 2.44. The number of pyridine rings is 1. The lowest BCUT2D eigenvalue weighted by Gasteiger charge is -2.18. The minimum Gasteiger partial charge on any atom is -0.396 e. The minimum absolute atomic E-state index is 0.161. The largest absolute Gasteiger partial charge is 0.396 e. The number of fused-ring (bicyclic) bond motifs is 1. The third kappa shape index (κ3) is 2.28. The third-order valence-corrected chi connectivity index (χ3v) is 4.75. The van der Waals surface area contributed by atoms with Gasteiger partial charge in [0.1, 0.15) is 0 Å². The predicted octanol–water partition coefficient (Wildman–Crippen LogP) is 2.72. The highest BCUT2D eigenvalue weighted by atomic mass is 32.1. The van der Waals surface area contributed by atoms with E-state index < -0.39 is 0 Å². The molecule has 0 aliphatic heterocycles. The number of rotatable bonds is 5. The van der Waals surface area contributed by atoms with E-state index in [1.165, 1.54) is 10.3 Å². The van der Waals surface area contributed by atoms with Crippen molar-refractivity contribution in [2.75, 3.05) is 13.2 Å². The summed E-state index contributed by atoms with van der Waals surface area (Å²) in [5, 5.41) is 14.9. The van der Waals surface area contributed by atoms with Gasteiger partial charge in [-0.25, -0.2) is 0 Å². The van der Waals surface area contributed by atoms with Crippen molar-refractivity contribution in [1.29, 1.82) is 0 Å². The number of hydrogen-bond acceptors (Lipinski definition) is 4. The number of aromatic nitrogens is 1. The summed E-state index contributed by atoms with van der Waals surface area (Å²) in [6.07, 6.45) is 4.24. The monoisotopic (exact) mass is 262 g/mol. The standard InChI is InChI=1S/C14H18N2OS/c1-10(16-8-14(9-17)3-4-14)11-6-13-12(15-7-11)2-5-18-13/h2,5-7,10,16-17H,3-4,8-9H2,1H3. The Morgan fingerprint density at radius 2 is 2.39 bits per heavy atom. The first kappa shape index (κ1) is 12.1. The zero-order valence-electron chi connectivity index (χ0n) is 10.5. The molecule has 1 atom stereocenters. The number of hydrogen-bond donors (Lipinski definition) is 2. The second kappa shape index (κ2) is 4.61. The Morgan fingerprint density at radius 1 is 1.56 bits per heavy atom. The van der Waals surface area contributed by atoms with Gasteiger partial charge in [-0.15, -0.1) is 11.3 Å². The van der Waals surface area contributed by atoms with E-state index in [4.69, 9.17) is 0 Å². The molecule has 2 N–H and O–H groups in total. The quantitative estimate of drug-likeness (QED) is 0.871. The Bertz CT molecular complexity index is 547. The molecule has 0 saturated heterocycles. The van der Waals surface area contributed by atoms with Crippen LogP contribution >= 0.6 is 11.3 Å². The van der Waals surface area contributed by atoms with Gasteiger partial charge in [0.15, 0.2) is 0 Å². The lowest BCUT2D eigenvalue weighted by molar-refractivity contribution is 0.204. The van der Waals surface area contributed by atoms with E-state index in [-0.39, 0.29) is 11.5 Å². The molecule has 4 heteroatoms. The van der Waals surface area contributed by atoms with E-state index >= 15 is 0 Å². The van der Waals surface area contributed by atoms with Gasteiger partial charge in [0, 0.05) is 30.8 Å². The molecule has 1 unspecified atom stereocenters. The van der Waals surface area contributed by atoms with Crippen molar-refractivity contribution >= 4 is 21.6 Å². The van der Waals surface area contributed by atoms with Gasteiger partial charge in [0.25, 0.3) is 0 Å². The van der Waals surface area contributed by atoms with Crippen LogP contribution in [0.2, 0.25) is 0 Å². The average Bonchev–Trinajstić information content (AvgIpc) is 3.04. The Labute approximate surface area is 111 Å². The summed E-state index contributed by atoms with van der Waals surface area (Å²) in [6, 6.07) is 4.55. The molecular weight excluding hydrogens is 244 g/mol. The summed E-state index contributed by atoms with van der Waals surface area (Å²) >= 11 is 1.73. The van der Waals surface area contributed by atoms with E-state index in [0.29, 0.717) is 6.61 Å². The van der Waals surface area contributed by atoms with Crippen LogP contribution in [0.15, 0.2) is 23.7 Å². The van der Waals surface area contributed by atoms with Crippen LogP contribution in [-0.4, -0.2) is 23.2 Å². The smallest absolute Gasteiger partial charge is 0.0809 e. The molecule has 1 aliphatic carbocycles. The van der Waals surface area contributed by atoms with E-state index in [9.17, 15) is 5.11 Å². The summed E-state index contributed by atoms with van der Waals surface area (Å²) in [6.45, 7) is 3.35. The molecule has 3 rings (SSSR count). The van der Waals surface area contributed by atoms with Crippen molar-refractivity contribution in [2.45, 2.75) is 25.8 Å². The van der Waals surface area contributed by atoms with Crippen LogP contribution < -0.4 is 5.32 Å². The lowest BCUT2D eigenvalue weighted by Crippen LogP contribution is -2.28. The van der Waals surface area contributed by atoms with Crippen molar-refractivity contribution in [3.05, 3.63) is 29.3 Å². The van der Waals surface area contributed by atoms with Gasteiger partial charge in [-0.3, -0.25) is 4.98 Å². The molecule has 1 aliphatic rings. The maximum absolute atomic E-state index is 9.30. The molecule has 0 aromatic carbocycles. The summed E-state index contributed by atoms with van der Waals surface area (Å²) in [5.41, 5.74) is 2.46. The van der Waals surface area contributed by atoms with Crippen LogP contribution in [0.3, 0.4) is 0 Å². The van der Waals surface area contributed by atoms with Crippen LogP contribution in [0.4, 0.5) is 0 Å². The number of aliphatic hydroxyl groups excluding tert-OH is 1. The Morgan fingerprint density at radius 3 is 3.11 bits per heavy atom. The van der Waals surface area contributed by atoms with E-state index in [1.54, 1.807) is 11.3 Å². The van der Waals surface area contributed by atoms with Gasteiger partial charge in [-0.1, -0.05) is 0 Å². The molecular formula is C14H18N2OS. The fourth-order valence-corrected chi connectivity index (χ4v) is 2.94. The summed E-state index contributed by atoms with van der Waals surface area (Å²) < 4.78 is 1.24. The number of thiophene rings is 1.